The molecule has 1 aliphatic heterocycles. The maximum atomic E-state index is 13.8. The molecule has 1 aromatic carbocycles. The fourth-order valence-corrected chi connectivity index (χ4v) is 6.21. The van der Waals surface area contributed by atoms with Crippen LogP contribution in [0.3, 0.4) is 0 Å². The van der Waals surface area contributed by atoms with Gasteiger partial charge in [0.15, 0.2) is 0 Å². The van der Waals surface area contributed by atoms with Crippen LogP contribution in [0.2, 0.25) is 0 Å². The zero-order valence-electron chi connectivity index (χ0n) is 21.5. The first-order valence-electron chi connectivity index (χ1n) is 13.2. The third kappa shape index (κ3) is 5.02. The second-order valence-corrected chi connectivity index (χ2v) is 10.2. The van der Waals surface area contributed by atoms with E-state index in [0.29, 0.717) is 38.8 Å². The SMILES string of the molecule is CCOC(=O)c1cn([C@H]2CC[C@H](N3CCOCC3=O)CC2)c(=O)n(C2CCc3c2cccc3C(F)(F)F)c1=O. The summed E-state index contributed by atoms with van der Waals surface area (Å²) in [5, 5.41) is 0. The number of amides is 1. The van der Waals surface area contributed by atoms with Crippen molar-refractivity contribution in [1.82, 2.24) is 14.0 Å². The van der Waals surface area contributed by atoms with E-state index < -0.39 is 35.0 Å². The normalized spacial score (nSPS) is 23.5. The van der Waals surface area contributed by atoms with E-state index in [9.17, 15) is 32.3 Å². The Bertz CT molecular complexity index is 1390. The predicted octanol–water partition coefficient (Wildman–Crippen LogP) is 3.08. The topological polar surface area (TPSA) is 99.8 Å². The van der Waals surface area contributed by atoms with Gasteiger partial charge in [-0.2, -0.15) is 13.2 Å². The Morgan fingerprint density at radius 2 is 1.79 bits per heavy atom. The molecular formula is C27H30F3N3O6. The minimum atomic E-state index is -4.57. The maximum absolute atomic E-state index is 13.8. The average molecular weight is 550 g/mol. The number of hydrogen-bond acceptors (Lipinski definition) is 6. The van der Waals surface area contributed by atoms with E-state index in [2.05, 4.69) is 0 Å². The molecule has 1 saturated heterocycles. The molecule has 12 heteroatoms. The van der Waals surface area contributed by atoms with Gasteiger partial charge >= 0.3 is 17.8 Å². The number of aromatic nitrogens is 2. The van der Waals surface area contributed by atoms with Crippen molar-refractivity contribution in [2.24, 2.45) is 0 Å². The monoisotopic (exact) mass is 549 g/mol. The summed E-state index contributed by atoms with van der Waals surface area (Å²) in [6.45, 7) is 2.63. The van der Waals surface area contributed by atoms with Crippen LogP contribution in [0, 0.1) is 0 Å². The van der Waals surface area contributed by atoms with Crippen molar-refractivity contribution >= 4 is 11.9 Å². The molecule has 5 rings (SSSR count). The molecule has 1 saturated carbocycles. The van der Waals surface area contributed by atoms with Crippen molar-refractivity contribution in [3.8, 4) is 0 Å². The number of ether oxygens (including phenoxy) is 2. The summed E-state index contributed by atoms with van der Waals surface area (Å²) in [4.78, 5) is 54.1. The molecule has 2 fully saturated rings. The molecule has 2 aliphatic carbocycles. The van der Waals surface area contributed by atoms with Crippen molar-refractivity contribution < 1.29 is 32.2 Å². The first-order chi connectivity index (χ1) is 18.6. The zero-order valence-corrected chi connectivity index (χ0v) is 21.5. The van der Waals surface area contributed by atoms with Crippen LogP contribution in [0.15, 0.2) is 34.0 Å². The highest BCUT2D eigenvalue weighted by molar-refractivity contribution is 5.88. The van der Waals surface area contributed by atoms with Crippen molar-refractivity contribution in [2.75, 3.05) is 26.4 Å². The Balaban J connectivity index is 1.53. The Labute approximate surface area is 222 Å². The largest absolute Gasteiger partial charge is 0.462 e. The van der Waals surface area contributed by atoms with Gasteiger partial charge in [0.25, 0.3) is 5.56 Å². The highest BCUT2D eigenvalue weighted by Crippen LogP contribution is 2.41. The summed E-state index contributed by atoms with van der Waals surface area (Å²) in [6, 6.07) is 2.48. The molecular weight excluding hydrogens is 519 g/mol. The predicted molar refractivity (Wildman–Crippen MR) is 133 cm³/mol. The molecule has 210 valence electrons. The zero-order chi connectivity index (χ0) is 27.9. The van der Waals surface area contributed by atoms with Gasteiger partial charge in [-0.3, -0.25) is 18.7 Å². The molecule has 0 radical (unpaired) electrons. The average Bonchev–Trinajstić information content (AvgIpc) is 3.33. The number of benzene rings is 1. The number of esters is 1. The smallest absolute Gasteiger partial charge is 0.416 e. The summed E-state index contributed by atoms with van der Waals surface area (Å²) in [6.07, 6.45) is -0.884. The number of carbonyl (C=O) groups excluding carboxylic acids is 2. The lowest BCUT2D eigenvalue weighted by Gasteiger charge is -2.39. The second-order valence-electron chi connectivity index (χ2n) is 10.2. The second kappa shape index (κ2) is 10.6. The number of nitrogens with zero attached hydrogens (tertiary/aromatic N) is 3. The number of halogens is 3. The van der Waals surface area contributed by atoms with E-state index in [4.69, 9.17) is 9.47 Å². The number of hydrogen-bond donors (Lipinski definition) is 0. The first kappa shape index (κ1) is 27.2. The van der Waals surface area contributed by atoms with Gasteiger partial charge in [-0.25, -0.2) is 9.59 Å². The lowest BCUT2D eigenvalue weighted by Crippen LogP contribution is -2.50. The summed E-state index contributed by atoms with van der Waals surface area (Å²) < 4.78 is 53.5. The summed E-state index contributed by atoms with van der Waals surface area (Å²) in [5.74, 6) is -0.960. The van der Waals surface area contributed by atoms with Crippen molar-refractivity contribution in [3.63, 3.8) is 0 Å². The minimum Gasteiger partial charge on any atom is -0.462 e. The quantitative estimate of drug-likeness (QED) is 0.532. The van der Waals surface area contributed by atoms with Crippen molar-refractivity contribution in [3.05, 3.63) is 67.5 Å². The number of alkyl halides is 3. The fraction of sp³-hybridized carbons (Fsp3) is 0.556. The molecule has 1 atom stereocenters. The Kier molecular flexibility index (Phi) is 7.41. The van der Waals surface area contributed by atoms with Crippen LogP contribution in [0.1, 0.15) is 78.2 Å². The van der Waals surface area contributed by atoms with Crippen LogP contribution in [0.5, 0.6) is 0 Å². The highest BCUT2D eigenvalue weighted by Gasteiger charge is 2.39. The number of carbonyl (C=O) groups is 2. The van der Waals surface area contributed by atoms with Gasteiger partial charge in [-0.15, -0.1) is 0 Å². The van der Waals surface area contributed by atoms with Crippen molar-refractivity contribution in [2.45, 2.75) is 69.8 Å². The van der Waals surface area contributed by atoms with Gasteiger partial charge in [0, 0.05) is 24.8 Å². The molecule has 0 spiro atoms. The van der Waals surface area contributed by atoms with Gasteiger partial charge < -0.3 is 14.4 Å². The fourth-order valence-electron chi connectivity index (χ4n) is 6.21. The molecule has 2 heterocycles. The molecule has 1 unspecified atom stereocenters. The molecule has 3 aliphatic rings. The Morgan fingerprint density at radius 1 is 1.08 bits per heavy atom. The summed E-state index contributed by atoms with van der Waals surface area (Å²) in [5.41, 5.74) is -2.35. The third-order valence-corrected chi connectivity index (χ3v) is 8.02. The van der Waals surface area contributed by atoms with Crippen LogP contribution in [-0.2, 0) is 26.9 Å². The van der Waals surface area contributed by atoms with E-state index in [1.54, 1.807) is 11.8 Å². The molecule has 1 aromatic heterocycles. The van der Waals surface area contributed by atoms with Crippen LogP contribution < -0.4 is 11.2 Å². The first-order valence-corrected chi connectivity index (χ1v) is 13.2. The maximum Gasteiger partial charge on any atom is 0.416 e. The Hall–Kier alpha value is -3.41. The molecule has 2 aromatic rings. The third-order valence-electron chi connectivity index (χ3n) is 8.02. The Morgan fingerprint density at radius 3 is 2.46 bits per heavy atom. The van der Waals surface area contributed by atoms with Gasteiger partial charge in [0.2, 0.25) is 5.91 Å². The minimum absolute atomic E-state index is 0.00582. The molecule has 1 amide bonds. The standard InChI is InChI=1S/C27H30F3N3O6/c1-2-39-25(36)20-14-32(17-8-6-16(7-9-17)31-12-13-38-15-23(31)34)26(37)33(24(20)35)22-11-10-18-19(22)4-3-5-21(18)27(28,29)30/h3-5,14,16-17,22H,2,6-13,15H2,1H3/t16-,17-,22?. The number of morpholine rings is 1. The van der Waals surface area contributed by atoms with Crippen LogP contribution in [0.4, 0.5) is 13.2 Å². The van der Waals surface area contributed by atoms with Crippen LogP contribution in [-0.4, -0.2) is 58.3 Å². The van der Waals surface area contributed by atoms with Gasteiger partial charge in [0.1, 0.15) is 12.2 Å². The van der Waals surface area contributed by atoms with Crippen molar-refractivity contribution in [1.29, 1.82) is 0 Å². The summed E-state index contributed by atoms with van der Waals surface area (Å²) in [7, 11) is 0. The summed E-state index contributed by atoms with van der Waals surface area (Å²) >= 11 is 0. The molecule has 39 heavy (non-hydrogen) atoms. The van der Waals surface area contributed by atoms with Gasteiger partial charge in [0.05, 0.1) is 24.8 Å². The number of rotatable bonds is 5. The van der Waals surface area contributed by atoms with E-state index in [1.807, 2.05) is 0 Å². The van der Waals surface area contributed by atoms with Crippen LogP contribution >= 0.6 is 0 Å². The lowest BCUT2D eigenvalue weighted by atomic mass is 9.89. The van der Waals surface area contributed by atoms with Gasteiger partial charge in [-0.05, 0) is 62.6 Å². The lowest BCUT2D eigenvalue weighted by molar-refractivity contribution is -0.146. The highest BCUT2D eigenvalue weighted by atomic mass is 19.4. The van der Waals surface area contributed by atoms with E-state index in [1.165, 1.54) is 22.9 Å². The van der Waals surface area contributed by atoms with E-state index in [-0.39, 0.29) is 60.7 Å². The van der Waals surface area contributed by atoms with Gasteiger partial charge in [-0.1, -0.05) is 12.1 Å². The van der Waals surface area contributed by atoms with E-state index >= 15 is 0 Å². The number of fused-ring (bicyclic) bond motifs is 1. The van der Waals surface area contributed by atoms with E-state index in [0.717, 1.165) is 10.6 Å². The molecule has 0 bridgehead atoms. The molecule has 9 nitrogen and oxygen atoms in total. The van der Waals surface area contributed by atoms with Crippen LogP contribution in [0.25, 0.3) is 0 Å². The molecule has 0 N–H and O–H groups in total.